The number of carbonyl (C=O) groups excluding carboxylic acids is 2. The molecule has 25 heavy (non-hydrogen) atoms. The predicted molar refractivity (Wildman–Crippen MR) is 93.3 cm³/mol. The number of nitrogens with zero attached hydrogens (tertiary/aromatic N) is 1. The Balaban J connectivity index is 2.14. The Kier molecular flexibility index (Phi) is 6.43. The Morgan fingerprint density at radius 3 is 2.36 bits per heavy atom. The number of methoxy groups -OCH3 is 1. The molecule has 0 N–H and O–H groups in total. The number of hydrogen-bond donors (Lipinski definition) is 0. The monoisotopic (exact) mass is 369 g/mol. The van der Waals surface area contributed by atoms with Gasteiger partial charge < -0.3 is 14.3 Å². The minimum atomic E-state index is -1.27. The maximum Gasteiger partial charge on any atom is 0.350 e. The number of aryl methyl sites for hydroxylation is 2. The van der Waals surface area contributed by atoms with Crippen molar-refractivity contribution in [3.8, 4) is 0 Å². The van der Waals surface area contributed by atoms with Gasteiger partial charge in [0.15, 0.2) is 0 Å². The molecule has 1 aromatic rings. The summed E-state index contributed by atoms with van der Waals surface area (Å²) in [6.45, 7) is 4.79. The standard InChI is InChI=1S/C18H24ClNO5/c1-12-9-13(2)14(15(19)10-12)11-16(21)25-18(17(22)23-3)5-7-20(24-4)8-6-18/h9-10H,5-8,11H2,1-4H3. The zero-order chi connectivity index (χ0) is 18.6. The fourth-order valence-electron chi connectivity index (χ4n) is 3.13. The average Bonchev–Trinajstić information content (AvgIpc) is 2.58. The maximum absolute atomic E-state index is 12.5. The molecule has 0 saturated carbocycles. The minimum Gasteiger partial charge on any atom is -0.466 e. The Bertz CT molecular complexity index is 630. The minimum absolute atomic E-state index is 0.0116. The van der Waals surface area contributed by atoms with Crippen LogP contribution in [0.3, 0.4) is 0 Å². The topological polar surface area (TPSA) is 65.1 Å². The maximum atomic E-state index is 12.5. The van der Waals surface area contributed by atoms with E-state index in [9.17, 15) is 9.59 Å². The molecule has 0 bridgehead atoms. The van der Waals surface area contributed by atoms with Crippen molar-refractivity contribution in [1.29, 1.82) is 0 Å². The van der Waals surface area contributed by atoms with Gasteiger partial charge in [-0.3, -0.25) is 4.79 Å². The number of piperidine rings is 1. The van der Waals surface area contributed by atoms with Gasteiger partial charge in [0.1, 0.15) is 0 Å². The Morgan fingerprint density at radius 1 is 1.20 bits per heavy atom. The molecule has 138 valence electrons. The second-order valence-electron chi connectivity index (χ2n) is 6.29. The molecule has 1 heterocycles. The SMILES string of the molecule is COC(=O)C1(OC(=O)Cc2c(C)cc(C)cc2Cl)CCN(OC)CC1. The fraction of sp³-hybridized carbons (Fsp3) is 0.556. The van der Waals surface area contributed by atoms with E-state index in [2.05, 4.69) is 0 Å². The number of benzene rings is 1. The summed E-state index contributed by atoms with van der Waals surface area (Å²) < 4.78 is 10.5. The van der Waals surface area contributed by atoms with Gasteiger partial charge in [-0.1, -0.05) is 17.7 Å². The normalized spacial score (nSPS) is 17.2. The lowest BCUT2D eigenvalue weighted by molar-refractivity contribution is -0.205. The van der Waals surface area contributed by atoms with Crippen molar-refractivity contribution in [2.45, 2.75) is 38.7 Å². The first-order chi connectivity index (χ1) is 11.8. The summed E-state index contributed by atoms with van der Waals surface area (Å²) >= 11 is 6.26. The van der Waals surface area contributed by atoms with Crippen LogP contribution in [0.2, 0.25) is 5.02 Å². The van der Waals surface area contributed by atoms with Crippen LogP contribution < -0.4 is 0 Å². The van der Waals surface area contributed by atoms with E-state index in [1.54, 1.807) is 12.2 Å². The summed E-state index contributed by atoms with van der Waals surface area (Å²) in [6, 6.07) is 3.77. The van der Waals surface area contributed by atoms with E-state index in [0.29, 0.717) is 36.5 Å². The van der Waals surface area contributed by atoms with Crippen LogP contribution in [0.15, 0.2) is 12.1 Å². The van der Waals surface area contributed by atoms with Gasteiger partial charge in [-0.2, -0.15) is 5.06 Å². The van der Waals surface area contributed by atoms with Crippen molar-refractivity contribution in [3.05, 3.63) is 33.8 Å². The Hall–Kier alpha value is -1.63. The van der Waals surface area contributed by atoms with Gasteiger partial charge in [0.05, 0.1) is 20.6 Å². The van der Waals surface area contributed by atoms with Gasteiger partial charge in [0, 0.05) is 31.0 Å². The molecule has 1 aromatic carbocycles. The fourth-order valence-corrected chi connectivity index (χ4v) is 3.52. The smallest absolute Gasteiger partial charge is 0.350 e. The zero-order valence-corrected chi connectivity index (χ0v) is 15.8. The molecule has 1 fully saturated rings. The van der Waals surface area contributed by atoms with Gasteiger partial charge >= 0.3 is 11.9 Å². The van der Waals surface area contributed by atoms with Crippen molar-refractivity contribution in [2.24, 2.45) is 0 Å². The Morgan fingerprint density at radius 2 is 1.84 bits per heavy atom. The van der Waals surface area contributed by atoms with Gasteiger partial charge in [0.2, 0.25) is 5.60 Å². The van der Waals surface area contributed by atoms with Gasteiger partial charge in [-0.05, 0) is 36.6 Å². The molecule has 0 unspecified atom stereocenters. The van der Waals surface area contributed by atoms with E-state index >= 15 is 0 Å². The van der Waals surface area contributed by atoms with Crippen LogP contribution in [-0.4, -0.2) is 49.9 Å². The average molecular weight is 370 g/mol. The van der Waals surface area contributed by atoms with Crippen LogP contribution in [0.25, 0.3) is 0 Å². The molecule has 0 amide bonds. The number of carbonyl (C=O) groups is 2. The lowest BCUT2D eigenvalue weighted by Gasteiger charge is -2.37. The summed E-state index contributed by atoms with van der Waals surface area (Å²) in [5.74, 6) is -1.03. The lowest BCUT2D eigenvalue weighted by Crippen LogP contribution is -2.52. The first kappa shape index (κ1) is 19.7. The number of rotatable bonds is 5. The van der Waals surface area contributed by atoms with Crippen LogP contribution in [0.5, 0.6) is 0 Å². The molecular formula is C18H24ClNO5. The van der Waals surface area contributed by atoms with Crippen molar-refractivity contribution in [3.63, 3.8) is 0 Å². The summed E-state index contributed by atoms with van der Waals surface area (Å²) in [6.07, 6.45) is 0.650. The highest BCUT2D eigenvalue weighted by Crippen LogP contribution is 2.30. The molecule has 0 spiro atoms. The predicted octanol–water partition coefficient (Wildman–Crippen LogP) is 2.61. The zero-order valence-electron chi connectivity index (χ0n) is 15.1. The van der Waals surface area contributed by atoms with Crippen LogP contribution in [0.1, 0.15) is 29.5 Å². The Labute approximate surface area is 152 Å². The summed E-state index contributed by atoms with van der Waals surface area (Å²) in [5.41, 5.74) is 1.39. The highest BCUT2D eigenvalue weighted by molar-refractivity contribution is 6.31. The van der Waals surface area contributed by atoms with E-state index in [1.807, 2.05) is 26.0 Å². The lowest BCUT2D eigenvalue weighted by atomic mass is 9.91. The summed E-state index contributed by atoms with van der Waals surface area (Å²) in [7, 11) is 2.86. The van der Waals surface area contributed by atoms with E-state index in [4.69, 9.17) is 25.9 Å². The third-order valence-corrected chi connectivity index (χ3v) is 4.88. The van der Waals surface area contributed by atoms with Crippen molar-refractivity contribution < 1.29 is 23.9 Å². The van der Waals surface area contributed by atoms with Gasteiger partial charge in [-0.25, -0.2) is 4.79 Å². The second-order valence-corrected chi connectivity index (χ2v) is 6.70. The second kappa shape index (κ2) is 8.17. The van der Waals surface area contributed by atoms with Crippen molar-refractivity contribution in [1.82, 2.24) is 5.06 Å². The largest absolute Gasteiger partial charge is 0.466 e. The number of esters is 2. The van der Waals surface area contributed by atoms with E-state index in [-0.39, 0.29) is 6.42 Å². The van der Waals surface area contributed by atoms with E-state index in [1.165, 1.54) is 7.11 Å². The molecule has 2 rings (SSSR count). The highest BCUT2D eigenvalue weighted by atomic mass is 35.5. The molecule has 0 aromatic heterocycles. The molecule has 1 aliphatic rings. The molecular weight excluding hydrogens is 346 g/mol. The van der Waals surface area contributed by atoms with Crippen LogP contribution in [0, 0.1) is 13.8 Å². The number of halogens is 1. The van der Waals surface area contributed by atoms with Gasteiger partial charge in [0.25, 0.3) is 0 Å². The molecule has 7 heteroatoms. The number of ether oxygens (including phenoxy) is 2. The van der Waals surface area contributed by atoms with Gasteiger partial charge in [-0.15, -0.1) is 0 Å². The van der Waals surface area contributed by atoms with Crippen molar-refractivity contribution >= 4 is 23.5 Å². The highest BCUT2D eigenvalue weighted by Gasteiger charge is 2.46. The molecule has 6 nitrogen and oxygen atoms in total. The summed E-state index contributed by atoms with van der Waals surface area (Å²) in [5, 5.41) is 2.24. The molecule has 0 aliphatic carbocycles. The van der Waals surface area contributed by atoms with E-state index < -0.39 is 17.5 Å². The third kappa shape index (κ3) is 4.51. The number of hydroxylamine groups is 2. The van der Waals surface area contributed by atoms with Crippen molar-refractivity contribution in [2.75, 3.05) is 27.3 Å². The molecule has 0 radical (unpaired) electrons. The quantitative estimate of drug-likeness (QED) is 0.743. The van der Waals surface area contributed by atoms with Crippen LogP contribution in [-0.2, 0) is 30.3 Å². The first-order valence-corrected chi connectivity index (χ1v) is 8.54. The molecule has 1 saturated heterocycles. The molecule has 1 aliphatic heterocycles. The number of hydrogen-bond acceptors (Lipinski definition) is 6. The van der Waals surface area contributed by atoms with Crippen LogP contribution >= 0.6 is 11.6 Å². The van der Waals surface area contributed by atoms with Crippen LogP contribution in [0.4, 0.5) is 0 Å². The van der Waals surface area contributed by atoms with E-state index in [0.717, 1.165) is 11.1 Å². The third-order valence-electron chi connectivity index (χ3n) is 4.54. The summed E-state index contributed by atoms with van der Waals surface area (Å²) in [4.78, 5) is 29.9. The molecule has 0 atom stereocenters. The first-order valence-electron chi connectivity index (χ1n) is 8.16.